The number of rotatable bonds is 6. The van der Waals surface area contributed by atoms with Gasteiger partial charge in [-0.3, -0.25) is 4.90 Å². The third-order valence-electron chi connectivity index (χ3n) is 5.23. The monoisotopic (exact) mass is 287 g/mol. The molecule has 2 saturated carbocycles. The molecule has 116 valence electrons. The van der Waals surface area contributed by atoms with Gasteiger partial charge < -0.3 is 5.11 Å². The first-order valence-corrected chi connectivity index (χ1v) is 8.50. The molecule has 0 atom stereocenters. The van der Waals surface area contributed by atoms with E-state index in [0.29, 0.717) is 11.7 Å². The summed E-state index contributed by atoms with van der Waals surface area (Å²) in [5.41, 5.74) is 3.67. The van der Waals surface area contributed by atoms with Crippen molar-refractivity contribution in [1.29, 1.82) is 0 Å². The summed E-state index contributed by atoms with van der Waals surface area (Å²) in [7, 11) is 2.25. The fourth-order valence-electron chi connectivity index (χ4n) is 3.86. The van der Waals surface area contributed by atoms with Gasteiger partial charge in [0.25, 0.3) is 0 Å². The van der Waals surface area contributed by atoms with Crippen LogP contribution in [0, 0.1) is 18.8 Å². The highest BCUT2D eigenvalue weighted by atomic mass is 16.3. The van der Waals surface area contributed by atoms with Gasteiger partial charge in [0, 0.05) is 18.2 Å². The number of aromatic hydroxyl groups is 1. The molecule has 2 heteroatoms. The topological polar surface area (TPSA) is 23.5 Å². The number of nitrogens with zero attached hydrogens (tertiary/aromatic N) is 1. The summed E-state index contributed by atoms with van der Waals surface area (Å²) >= 11 is 0. The molecule has 2 aliphatic carbocycles. The van der Waals surface area contributed by atoms with Gasteiger partial charge in [0.1, 0.15) is 5.75 Å². The van der Waals surface area contributed by atoms with Crippen molar-refractivity contribution in [2.45, 2.75) is 65.0 Å². The Hall–Kier alpha value is -1.02. The lowest BCUT2D eigenvalue weighted by atomic mass is 9.94. The van der Waals surface area contributed by atoms with Gasteiger partial charge >= 0.3 is 0 Å². The van der Waals surface area contributed by atoms with Gasteiger partial charge in [0.05, 0.1) is 0 Å². The van der Waals surface area contributed by atoms with Crippen LogP contribution in [-0.4, -0.2) is 23.1 Å². The quantitative estimate of drug-likeness (QED) is 0.836. The number of phenols is 1. The van der Waals surface area contributed by atoms with E-state index in [-0.39, 0.29) is 0 Å². The predicted octanol–water partition coefficient (Wildman–Crippen LogP) is 4.44. The van der Waals surface area contributed by atoms with E-state index in [0.717, 1.165) is 30.0 Å². The Kier molecular flexibility index (Phi) is 4.00. The SMILES string of the molecule is Cc1cc(O)c(CN(C)C(C2CC2)C2CC2)cc1C(C)C. The number of phenolic OH excluding ortho intramolecular Hbond substituents is 1. The lowest BCUT2D eigenvalue weighted by molar-refractivity contribution is 0.185. The van der Waals surface area contributed by atoms with Gasteiger partial charge in [-0.25, -0.2) is 0 Å². The molecule has 3 rings (SSSR count). The maximum absolute atomic E-state index is 10.3. The summed E-state index contributed by atoms with van der Waals surface area (Å²) in [6.45, 7) is 7.43. The van der Waals surface area contributed by atoms with E-state index >= 15 is 0 Å². The Morgan fingerprint density at radius 1 is 1.14 bits per heavy atom. The Balaban J connectivity index is 1.78. The molecule has 0 aromatic heterocycles. The zero-order valence-corrected chi connectivity index (χ0v) is 13.9. The standard InChI is InChI=1S/C19H29NO/c1-12(2)17-10-16(18(21)9-13(17)3)11-20(4)19(14-5-6-14)15-7-8-15/h9-10,12,14-15,19,21H,5-8,11H2,1-4H3. The minimum atomic E-state index is 0.467. The van der Waals surface area contributed by atoms with Gasteiger partial charge in [-0.05, 0) is 74.6 Å². The normalized spacial score (nSPS) is 19.0. The van der Waals surface area contributed by atoms with E-state index < -0.39 is 0 Å². The summed E-state index contributed by atoms with van der Waals surface area (Å²) < 4.78 is 0. The molecule has 2 nitrogen and oxygen atoms in total. The molecule has 1 aromatic rings. The van der Waals surface area contributed by atoms with Crippen molar-refractivity contribution >= 4 is 0 Å². The highest BCUT2D eigenvalue weighted by Crippen LogP contribution is 2.47. The van der Waals surface area contributed by atoms with Gasteiger partial charge in [-0.15, -0.1) is 0 Å². The number of benzene rings is 1. The molecule has 0 heterocycles. The van der Waals surface area contributed by atoms with Crippen LogP contribution in [0.4, 0.5) is 0 Å². The fourth-order valence-corrected chi connectivity index (χ4v) is 3.86. The van der Waals surface area contributed by atoms with E-state index in [9.17, 15) is 5.11 Å². The van der Waals surface area contributed by atoms with Crippen LogP contribution in [0.25, 0.3) is 0 Å². The predicted molar refractivity (Wildman–Crippen MR) is 87.6 cm³/mol. The molecule has 0 saturated heterocycles. The van der Waals surface area contributed by atoms with Crippen LogP contribution in [0.1, 0.15) is 62.1 Å². The van der Waals surface area contributed by atoms with Crippen molar-refractivity contribution < 1.29 is 5.11 Å². The largest absolute Gasteiger partial charge is 0.508 e. The van der Waals surface area contributed by atoms with Crippen LogP contribution in [0.2, 0.25) is 0 Å². The Labute approximate surface area is 129 Å². The lowest BCUT2D eigenvalue weighted by Gasteiger charge is -2.29. The Morgan fingerprint density at radius 3 is 2.19 bits per heavy atom. The summed E-state index contributed by atoms with van der Waals surface area (Å²) in [5, 5.41) is 10.3. The van der Waals surface area contributed by atoms with Crippen molar-refractivity contribution in [3.8, 4) is 5.75 Å². The maximum Gasteiger partial charge on any atom is 0.120 e. The number of hydrogen-bond acceptors (Lipinski definition) is 2. The van der Waals surface area contributed by atoms with Crippen molar-refractivity contribution in [3.63, 3.8) is 0 Å². The highest BCUT2D eigenvalue weighted by molar-refractivity contribution is 5.42. The zero-order valence-electron chi connectivity index (χ0n) is 13.9. The van der Waals surface area contributed by atoms with Crippen LogP contribution in [0.3, 0.4) is 0 Å². The highest BCUT2D eigenvalue weighted by Gasteiger charge is 2.43. The van der Waals surface area contributed by atoms with Gasteiger partial charge in [0.2, 0.25) is 0 Å². The molecule has 0 aliphatic heterocycles. The molecule has 0 amide bonds. The minimum absolute atomic E-state index is 0.467. The summed E-state index contributed by atoms with van der Waals surface area (Å²) in [5.74, 6) is 2.81. The first-order chi connectivity index (χ1) is 9.97. The van der Waals surface area contributed by atoms with E-state index in [1.165, 1.54) is 36.8 Å². The average Bonchev–Trinajstić information content (AvgIpc) is 3.26. The molecule has 0 bridgehead atoms. The smallest absolute Gasteiger partial charge is 0.120 e. The summed E-state index contributed by atoms with van der Waals surface area (Å²) in [4.78, 5) is 2.50. The third kappa shape index (κ3) is 3.26. The Morgan fingerprint density at radius 2 is 1.71 bits per heavy atom. The second-order valence-corrected chi connectivity index (χ2v) is 7.57. The van der Waals surface area contributed by atoms with Crippen LogP contribution in [0.15, 0.2) is 12.1 Å². The molecule has 0 unspecified atom stereocenters. The number of aryl methyl sites for hydroxylation is 1. The van der Waals surface area contributed by atoms with Crippen LogP contribution < -0.4 is 0 Å². The van der Waals surface area contributed by atoms with Crippen LogP contribution >= 0.6 is 0 Å². The van der Waals surface area contributed by atoms with Crippen molar-refractivity contribution in [3.05, 3.63) is 28.8 Å². The van der Waals surface area contributed by atoms with Gasteiger partial charge in [-0.2, -0.15) is 0 Å². The van der Waals surface area contributed by atoms with Crippen molar-refractivity contribution in [2.75, 3.05) is 7.05 Å². The zero-order chi connectivity index (χ0) is 15.1. The molecule has 2 aliphatic rings. The first-order valence-electron chi connectivity index (χ1n) is 8.50. The maximum atomic E-state index is 10.3. The fraction of sp³-hybridized carbons (Fsp3) is 0.684. The van der Waals surface area contributed by atoms with E-state index in [1.54, 1.807) is 0 Å². The molecule has 0 spiro atoms. The second-order valence-electron chi connectivity index (χ2n) is 7.57. The first kappa shape index (κ1) is 14.9. The average molecular weight is 287 g/mol. The minimum Gasteiger partial charge on any atom is -0.508 e. The van der Waals surface area contributed by atoms with E-state index in [2.05, 4.69) is 38.8 Å². The molecule has 21 heavy (non-hydrogen) atoms. The van der Waals surface area contributed by atoms with Crippen LogP contribution in [-0.2, 0) is 6.54 Å². The summed E-state index contributed by atoms with van der Waals surface area (Å²) in [6, 6.07) is 4.91. The van der Waals surface area contributed by atoms with Crippen molar-refractivity contribution in [1.82, 2.24) is 4.90 Å². The Bertz CT molecular complexity index is 503. The molecular weight excluding hydrogens is 258 g/mol. The molecule has 2 fully saturated rings. The van der Waals surface area contributed by atoms with Gasteiger partial charge in [0.15, 0.2) is 0 Å². The number of hydrogen-bond donors (Lipinski definition) is 1. The summed E-state index contributed by atoms with van der Waals surface area (Å²) in [6.07, 6.45) is 5.62. The second kappa shape index (κ2) is 5.64. The van der Waals surface area contributed by atoms with Gasteiger partial charge in [-0.1, -0.05) is 19.9 Å². The van der Waals surface area contributed by atoms with Crippen LogP contribution in [0.5, 0.6) is 5.75 Å². The molecular formula is C19H29NO. The van der Waals surface area contributed by atoms with E-state index in [1.807, 2.05) is 6.07 Å². The van der Waals surface area contributed by atoms with E-state index in [4.69, 9.17) is 0 Å². The molecule has 1 aromatic carbocycles. The molecule has 0 radical (unpaired) electrons. The van der Waals surface area contributed by atoms with Crippen molar-refractivity contribution in [2.24, 2.45) is 11.8 Å². The third-order valence-corrected chi connectivity index (χ3v) is 5.23. The lowest BCUT2D eigenvalue weighted by Crippen LogP contribution is -2.34. The molecule has 1 N–H and O–H groups in total.